The minimum Gasteiger partial charge on any atom is -0.465 e. The zero-order chi connectivity index (χ0) is 19.8. The fourth-order valence-electron chi connectivity index (χ4n) is 2.63. The first-order valence-corrected chi connectivity index (χ1v) is 8.77. The first-order chi connectivity index (χ1) is 12.9. The Balaban J connectivity index is 1.85. The van der Waals surface area contributed by atoms with Crippen molar-refractivity contribution in [2.75, 3.05) is 38.9 Å². The van der Waals surface area contributed by atoms with Crippen LogP contribution in [0.1, 0.15) is 30.1 Å². The number of ether oxygens (including phenoxy) is 4. The van der Waals surface area contributed by atoms with Gasteiger partial charge in [0.2, 0.25) is 0 Å². The van der Waals surface area contributed by atoms with E-state index in [9.17, 15) is 14.4 Å². The number of likely N-dealkylation sites (N-methyl/N-ethyl adjacent to an activating group) is 1. The minimum absolute atomic E-state index is 0.00263. The van der Waals surface area contributed by atoms with Crippen LogP contribution in [0.15, 0.2) is 24.3 Å². The summed E-state index contributed by atoms with van der Waals surface area (Å²) in [6.07, 6.45) is 1.10. The molecule has 8 heteroatoms. The first kappa shape index (κ1) is 20.9. The van der Waals surface area contributed by atoms with Gasteiger partial charge in [0.25, 0.3) is 5.91 Å². The predicted molar refractivity (Wildman–Crippen MR) is 96.5 cm³/mol. The average Bonchev–Trinajstić information content (AvgIpc) is 3.22. The van der Waals surface area contributed by atoms with Gasteiger partial charge in [-0.3, -0.25) is 4.79 Å². The van der Waals surface area contributed by atoms with Crippen molar-refractivity contribution in [3.05, 3.63) is 29.8 Å². The molecule has 0 radical (unpaired) electrons. The Morgan fingerprint density at radius 3 is 2.70 bits per heavy atom. The van der Waals surface area contributed by atoms with E-state index >= 15 is 0 Å². The lowest BCUT2D eigenvalue weighted by Crippen LogP contribution is -2.34. The van der Waals surface area contributed by atoms with Gasteiger partial charge in [0, 0.05) is 13.7 Å². The third-order valence-electron chi connectivity index (χ3n) is 4.27. The normalized spacial score (nSPS) is 17.2. The molecule has 1 saturated heterocycles. The highest BCUT2D eigenvalue weighted by molar-refractivity contribution is 6.03. The van der Waals surface area contributed by atoms with Crippen molar-refractivity contribution in [2.24, 2.45) is 0 Å². The second-order valence-electron chi connectivity index (χ2n) is 6.18. The molecule has 0 aliphatic carbocycles. The number of nitrogens with zero attached hydrogens (tertiary/aromatic N) is 1. The van der Waals surface area contributed by atoms with Gasteiger partial charge in [-0.1, -0.05) is 12.1 Å². The molecule has 1 aliphatic rings. The molecular weight excluding hydrogens is 354 g/mol. The van der Waals surface area contributed by atoms with E-state index in [0.29, 0.717) is 18.9 Å². The van der Waals surface area contributed by atoms with E-state index in [0.717, 1.165) is 12.8 Å². The van der Waals surface area contributed by atoms with Gasteiger partial charge >= 0.3 is 11.9 Å². The smallest absolute Gasteiger partial charge is 0.339 e. The lowest BCUT2D eigenvalue weighted by atomic mass is 10.1. The van der Waals surface area contributed by atoms with E-state index in [2.05, 4.69) is 0 Å². The van der Waals surface area contributed by atoms with Crippen molar-refractivity contribution in [1.82, 2.24) is 0 Å². The molecule has 1 aromatic carbocycles. The van der Waals surface area contributed by atoms with Gasteiger partial charge in [-0.25, -0.2) is 9.59 Å². The van der Waals surface area contributed by atoms with Gasteiger partial charge in [0.1, 0.15) is 0 Å². The minimum atomic E-state index is -0.797. The van der Waals surface area contributed by atoms with Crippen LogP contribution in [0.3, 0.4) is 0 Å². The van der Waals surface area contributed by atoms with Crippen molar-refractivity contribution < 1.29 is 33.3 Å². The van der Waals surface area contributed by atoms with Crippen LogP contribution in [0.2, 0.25) is 0 Å². The van der Waals surface area contributed by atoms with Crippen LogP contribution in [0.5, 0.6) is 0 Å². The molecule has 0 saturated carbocycles. The summed E-state index contributed by atoms with van der Waals surface area (Å²) >= 11 is 0. The summed E-state index contributed by atoms with van der Waals surface area (Å²) in [5, 5.41) is 0. The number of carbonyl (C=O) groups is 3. The summed E-state index contributed by atoms with van der Waals surface area (Å²) in [7, 11) is 2.76. The second kappa shape index (κ2) is 10.0. The molecule has 8 nitrogen and oxygen atoms in total. The number of anilines is 1. The third kappa shape index (κ3) is 5.77. The SMILES string of the molecule is COC(=O)c1ccccc1N(C)C(=O)COC(=O)C(C)OCC1CCCO1. The maximum absolute atomic E-state index is 12.3. The number of amides is 1. The van der Waals surface area contributed by atoms with Crippen molar-refractivity contribution in [2.45, 2.75) is 32.0 Å². The Hall–Kier alpha value is -2.45. The van der Waals surface area contributed by atoms with Crippen LogP contribution >= 0.6 is 0 Å². The summed E-state index contributed by atoms with van der Waals surface area (Å²) < 4.78 is 20.6. The number of carbonyl (C=O) groups excluding carboxylic acids is 3. The zero-order valence-electron chi connectivity index (χ0n) is 15.8. The standard InChI is InChI=1S/C19H25NO7/c1-13(26-11-14-7-6-10-25-14)18(22)27-12-17(21)20(2)16-9-5-4-8-15(16)19(23)24-3/h4-5,8-9,13-14H,6-7,10-12H2,1-3H3. The molecule has 0 aromatic heterocycles. The van der Waals surface area contributed by atoms with E-state index in [1.54, 1.807) is 31.2 Å². The molecule has 2 atom stereocenters. The highest BCUT2D eigenvalue weighted by atomic mass is 16.6. The molecule has 1 aliphatic heterocycles. The Kier molecular flexibility index (Phi) is 7.75. The lowest BCUT2D eigenvalue weighted by molar-refractivity contribution is -0.160. The Labute approximate surface area is 158 Å². The quantitative estimate of drug-likeness (QED) is 0.633. The van der Waals surface area contributed by atoms with Crippen LogP contribution in [0.4, 0.5) is 5.69 Å². The monoisotopic (exact) mass is 379 g/mol. The molecule has 0 bridgehead atoms. The molecule has 1 amide bonds. The van der Waals surface area contributed by atoms with Gasteiger partial charge < -0.3 is 23.8 Å². The van der Waals surface area contributed by atoms with E-state index in [1.165, 1.54) is 19.1 Å². The van der Waals surface area contributed by atoms with Crippen LogP contribution in [-0.4, -0.2) is 64.0 Å². The van der Waals surface area contributed by atoms with Gasteiger partial charge in [-0.05, 0) is 31.9 Å². The maximum Gasteiger partial charge on any atom is 0.339 e. The summed E-state index contributed by atoms with van der Waals surface area (Å²) in [5.74, 6) is -1.67. The largest absolute Gasteiger partial charge is 0.465 e. The number of methoxy groups -OCH3 is 1. The molecular formula is C19H25NO7. The van der Waals surface area contributed by atoms with E-state index < -0.39 is 30.6 Å². The second-order valence-corrected chi connectivity index (χ2v) is 6.18. The highest BCUT2D eigenvalue weighted by Gasteiger charge is 2.23. The van der Waals surface area contributed by atoms with Gasteiger partial charge in [-0.15, -0.1) is 0 Å². The van der Waals surface area contributed by atoms with Gasteiger partial charge in [-0.2, -0.15) is 0 Å². The zero-order valence-corrected chi connectivity index (χ0v) is 15.8. The van der Waals surface area contributed by atoms with Crippen LogP contribution < -0.4 is 4.90 Å². The Bertz CT molecular complexity index is 670. The fraction of sp³-hybridized carbons (Fsp3) is 0.526. The molecule has 148 valence electrons. The van der Waals surface area contributed by atoms with E-state index in [1.807, 2.05) is 0 Å². The molecule has 1 aromatic rings. The maximum atomic E-state index is 12.3. The topological polar surface area (TPSA) is 91.4 Å². The third-order valence-corrected chi connectivity index (χ3v) is 4.27. The van der Waals surface area contributed by atoms with E-state index in [-0.39, 0.29) is 11.7 Å². The molecule has 1 heterocycles. The molecule has 0 spiro atoms. The molecule has 1 fully saturated rings. The van der Waals surface area contributed by atoms with Crippen LogP contribution in [-0.2, 0) is 28.5 Å². The number of rotatable bonds is 8. The Morgan fingerprint density at radius 1 is 1.30 bits per heavy atom. The average molecular weight is 379 g/mol. The van der Waals surface area contributed by atoms with Gasteiger partial charge in [0.05, 0.1) is 31.1 Å². The summed E-state index contributed by atoms with van der Waals surface area (Å²) in [5.41, 5.74) is 0.614. The summed E-state index contributed by atoms with van der Waals surface area (Å²) in [4.78, 5) is 37.4. The number of benzene rings is 1. The van der Waals surface area contributed by atoms with Crippen molar-refractivity contribution in [1.29, 1.82) is 0 Å². The van der Waals surface area contributed by atoms with Crippen molar-refractivity contribution in [3.8, 4) is 0 Å². The molecule has 2 unspecified atom stereocenters. The molecule has 0 N–H and O–H groups in total. The summed E-state index contributed by atoms with van der Waals surface area (Å²) in [6, 6.07) is 6.52. The van der Waals surface area contributed by atoms with Crippen LogP contribution in [0, 0.1) is 0 Å². The first-order valence-electron chi connectivity index (χ1n) is 8.77. The number of esters is 2. The highest BCUT2D eigenvalue weighted by Crippen LogP contribution is 2.20. The van der Waals surface area contributed by atoms with Gasteiger partial charge in [0.15, 0.2) is 12.7 Å². The molecule has 27 heavy (non-hydrogen) atoms. The van der Waals surface area contributed by atoms with Crippen molar-refractivity contribution in [3.63, 3.8) is 0 Å². The number of para-hydroxylation sites is 1. The predicted octanol–water partition coefficient (Wildman–Crippen LogP) is 1.56. The number of hydrogen-bond donors (Lipinski definition) is 0. The van der Waals surface area contributed by atoms with Crippen LogP contribution in [0.25, 0.3) is 0 Å². The fourth-order valence-corrected chi connectivity index (χ4v) is 2.63. The van der Waals surface area contributed by atoms with Crippen molar-refractivity contribution >= 4 is 23.5 Å². The summed E-state index contributed by atoms with van der Waals surface area (Å²) in [6.45, 7) is 2.13. The Morgan fingerprint density at radius 2 is 2.04 bits per heavy atom. The lowest BCUT2D eigenvalue weighted by Gasteiger charge is -2.20. The number of hydrogen-bond acceptors (Lipinski definition) is 7. The molecule has 2 rings (SSSR count). The van der Waals surface area contributed by atoms with E-state index in [4.69, 9.17) is 18.9 Å².